The summed E-state index contributed by atoms with van der Waals surface area (Å²) in [5.41, 5.74) is 1.82. The Bertz CT molecular complexity index is 1060. The number of nitrogens with zero attached hydrogens (tertiary/aromatic N) is 2. The highest BCUT2D eigenvalue weighted by molar-refractivity contribution is 7.92. The fourth-order valence-electron chi connectivity index (χ4n) is 3.67. The van der Waals surface area contributed by atoms with Gasteiger partial charge in [0.1, 0.15) is 0 Å². The molecule has 0 spiro atoms. The zero-order valence-electron chi connectivity index (χ0n) is 18.1. The Hall–Kier alpha value is -2.87. The Kier molecular flexibility index (Phi) is 7.00. The minimum absolute atomic E-state index is 0.0590. The number of piperidine rings is 1. The van der Waals surface area contributed by atoms with Gasteiger partial charge in [0.15, 0.2) is 0 Å². The maximum atomic E-state index is 13.1. The Morgan fingerprint density at radius 3 is 2.42 bits per heavy atom. The van der Waals surface area contributed by atoms with Crippen molar-refractivity contribution in [1.82, 2.24) is 4.90 Å². The van der Waals surface area contributed by atoms with E-state index in [4.69, 9.17) is 4.74 Å². The predicted molar refractivity (Wildman–Crippen MR) is 118 cm³/mol. The van der Waals surface area contributed by atoms with E-state index >= 15 is 0 Å². The summed E-state index contributed by atoms with van der Waals surface area (Å²) in [5, 5.41) is 0. The molecule has 1 amide bonds. The zero-order chi connectivity index (χ0) is 22.6. The van der Waals surface area contributed by atoms with Crippen molar-refractivity contribution in [1.29, 1.82) is 0 Å². The summed E-state index contributed by atoms with van der Waals surface area (Å²) in [6.07, 6.45) is 1.08. The number of amides is 1. The molecule has 1 heterocycles. The number of esters is 1. The first kappa shape index (κ1) is 22.8. The number of ether oxygens (including phenoxy) is 1. The highest BCUT2D eigenvalue weighted by atomic mass is 32.2. The van der Waals surface area contributed by atoms with E-state index in [1.54, 1.807) is 42.2 Å². The van der Waals surface area contributed by atoms with Gasteiger partial charge >= 0.3 is 5.97 Å². The number of sulfonamides is 1. The van der Waals surface area contributed by atoms with E-state index in [0.29, 0.717) is 43.8 Å². The van der Waals surface area contributed by atoms with E-state index in [2.05, 4.69) is 0 Å². The third kappa shape index (κ3) is 5.07. The first-order valence-electron chi connectivity index (χ1n) is 10.4. The third-order valence-corrected chi connectivity index (χ3v) is 7.29. The minimum Gasteiger partial charge on any atom is -0.466 e. The van der Waals surface area contributed by atoms with E-state index in [-0.39, 0.29) is 22.7 Å². The fourth-order valence-corrected chi connectivity index (χ4v) is 4.91. The smallest absolute Gasteiger partial charge is 0.309 e. The SMILES string of the molecule is CCOC(=O)C1CCN(C(=O)c2cccc(S(=O)(=O)N(C)c3cccc(C)c3)c2)CC1. The van der Waals surface area contributed by atoms with Gasteiger partial charge in [-0.25, -0.2) is 8.42 Å². The third-order valence-electron chi connectivity index (χ3n) is 5.51. The van der Waals surface area contributed by atoms with Crippen LogP contribution in [0.5, 0.6) is 0 Å². The Morgan fingerprint density at radius 2 is 1.77 bits per heavy atom. The highest BCUT2D eigenvalue weighted by Crippen LogP contribution is 2.25. The van der Waals surface area contributed by atoms with Crippen molar-refractivity contribution in [3.63, 3.8) is 0 Å². The predicted octanol–water partition coefficient (Wildman–Crippen LogP) is 3.24. The van der Waals surface area contributed by atoms with Gasteiger partial charge in [0.05, 0.1) is 23.1 Å². The average molecular weight is 445 g/mol. The minimum atomic E-state index is -3.82. The fraction of sp³-hybridized carbons (Fsp3) is 0.391. The lowest BCUT2D eigenvalue weighted by Gasteiger charge is -2.31. The van der Waals surface area contributed by atoms with E-state index in [9.17, 15) is 18.0 Å². The Balaban J connectivity index is 1.75. The molecule has 2 aromatic carbocycles. The van der Waals surface area contributed by atoms with Crippen LogP contribution in [-0.2, 0) is 19.6 Å². The van der Waals surface area contributed by atoms with Crippen LogP contribution >= 0.6 is 0 Å². The van der Waals surface area contributed by atoms with Gasteiger partial charge < -0.3 is 9.64 Å². The van der Waals surface area contributed by atoms with Crippen LogP contribution in [-0.4, -0.2) is 51.9 Å². The molecule has 0 bridgehead atoms. The zero-order valence-corrected chi connectivity index (χ0v) is 18.9. The van der Waals surface area contributed by atoms with Crippen molar-refractivity contribution in [3.8, 4) is 0 Å². The first-order valence-corrected chi connectivity index (χ1v) is 11.8. The van der Waals surface area contributed by atoms with Gasteiger partial charge in [-0.3, -0.25) is 13.9 Å². The standard InChI is InChI=1S/C23H28N2O5S/c1-4-30-23(27)18-11-13-25(14-12-18)22(26)19-8-6-10-21(16-19)31(28,29)24(3)20-9-5-7-17(2)15-20/h5-10,15-16,18H,4,11-14H2,1-3H3. The van der Waals surface area contributed by atoms with Crippen molar-refractivity contribution in [2.45, 2.75) is 31.6 Å². The lowest BCUT2D eigenvalue weighted by atomic mass is 9.96. The van der Waals surface area contributed by atoms with Gasteiger partial charge in [-0.1, -0.05) is 18.2 Å². The maximum absolute atomic E-state index is 13.1. The number of rotatable bonds is 6. The summed E-state index contributed by atoms with van der Waals surface area (Å²) in [6, 6.07) is 13.3. The molecule has 0 saturated carbocycles. The van der Waals surface area contributed by atoms with Crippen LogP contribution in [0, 0.1) is 12.8 Å². The second-order valence-corrected chi connectivity index (χ2v) is 9.63. The van der Waals surface area contributed by atoms with Gasteiger partial charge in [-0.05, 0) is 62.6 Å². The number of hydrogen-bond donors (Lipinski definition) is 0. The topological polar surface area (TPSA) is 84.0 Å². The van der Waals surface area contributed by atoms with Gasteiger partial charge in [-0.15, -0.1) is 0 Å². The molecule has 0 unspecified atom stereocenters. The molecule has 0 N–H and O–H groups in total. The number of carbonyl (C=O) groups is 2. The molecule has 31 heavy (non-hydrogen) atoms. The number of benzene rings is 2. The van der Waals surface area contributed by atoms with Gasteiger partial charge in [0, 0.05) is 25.7 Å². The summed E-state index contributed by atoms with van der Waals surface area (Å²) in [5.74, 6) is -0.655. The number of likely N-dealkylation sites (tertiary alicyclic amines) is 1. The Morgan fingerprint density at radius 1 is 1.10 bits per heavy atom. The summed E-state index contributed by atoms with van der Waals surface area (Å²) in [4.78, 5) is 26.6. The van der Waals surface area contributed by atoms with Crippen LogP contribution in [0.2, 0.25) is 0 Å². The van der Waals surface area contributed by atoms with Crippen LogP contribution in [0.1, 0.15) is 35.7 Å². The molecule has 1 saturated heterocycles. The molecule has 0 radical (unpaired) electrons. The lowest BCUT2D eigenvalue weighted by Crippen LogP contribution is -2.40. The normalized spacial score (nSPS) is 14.9. The molecule has 8 heteroatoms. The van der Waals surface area contributed by atoms with Crippen molar-refractivity contribution >= 4 is 27.6 Å². The van der Waals surface area contributed by atoms with Crippen molar-refractivity contribution in [3.05, 3.63) is 59.7 Å². The molecule has 1 aliphatic rings. The van der Waals surface area contributed by atoms with Crippen molar-refractivity contribution in [2.24, 2.45) is 5.92 Å². The van der Waals surface area contributed by atoms with Gasteiger partial charge in [0.25, 0.3) is 15.9 Å². The lowest BCUT2D eigenvalue weighted by molar-refractivity contribution is -0.149. The summed E-state index contributed by atoms with van der Waals surface area (Å²) >= 11 is 0. The number of carbonyl (C=O) groups excluding carboxylic acids is 2. The molecule has 166 valence electrons. The molecule has 0 aliphatic carbocycles. The molecule has 0 atom stereocenters. The van der Waals surface area contributed by atoms with Gasteiger partial charge in [0.2, 0.25) is 0 Å². The molecule has 2 aromatic rings. The van der Waals surface area contributed by atoms with E-state index in [1.807, 2.05) is 13.0 Å². The molecular formula is C23H28N2O5S. The van der Waals surface area contributed by atoms with E-state index in [1.165, 1.54) is 23.5 Å². The van der Waals surface area contributed by atoms with Crippen LogP contribution in [0.3, 0.4) is 0 Å². The van der Waals surface area contributed by atoms with Crippen molar-refractivity contribution < 1.29 is 22.7 Å². The highest BCUT2D eigenvalue weighted by Gasteiger charge is 2.29. The Labute approximate surface area is 183 Å². The quantitative estimate of drug-likeness (QED) is 0.639. The van der Waals surface area contributed by atoms with Gasteiger partial charge in [-0.2, -0.15) is 0 Å². The monoisotopic (exact) mass is 444 g/mol. The summed E-state index contributed by atoms with van der Waals surface area (Å²) < 4.78 is 32.5. The van der Waals surface area contributed by atoms with Crippen LogP contribution in [0.4, 0.5) is 5.69 Å². The largest absolute Gasteiger partial charge is 0.466 e. The van der Waals surface area contributed by atoms with Crippen LogP contribution in [0.15, 0.2) is 53.4 Å². The molecule has 1 aliphatic heterocycles. The number of anilines is 1. The number of hydrogen-bond acceptors (Lipinski definition) is 5. The van der Waals surface area contributed by atoms with E-state index < -0.39 is 10.0 Å². The molecule has 0 aromatic heterocycles. The second kappa shape index (κ2) is 9.51. The molecule has 7 nitrogen and oxygen atoms in total. The maximum Gasteiger partial charge on any atom is 0.309 e. The number of aryl methyl sites for hydroxylation is 1. The van der Waals surface area contributed by atoms with Crippen molar-refractivity contribution in [2.75, 3.05) is 31.0 Å². The summed E-state index contributed by atoms with van der Waals surface area (Å²) in [6.45, 7) is 4.88. The average Bonchev–Trinajstić information content (AvgIpc) is 2.78. The van der Waals surface area contributed by atoms with Crippen LogP contribution in [0.25, 0.3) is 0 Å². The van der Waals surface area contributed by atoms with Crippen LogP contribution < -0.4 is 4.31 Å². The molecule has 1 fully saturated rings. The molecular weight excluding hydrogens is 416 g/mol. The van der Waals surface area contributed by atoms with E-state index in [0.717, 1.165) is 5.56 Å². The second-order valence-electron chi connectivity index (χ2n) is 7.66. The molecule has 3 rings (SSSR count). The summed E-state index contributed by atoms with van der Waals surface area (Å²) in [7, 11) is -2.32. The first-order chi connectivity index (χ1) is 14.7.